The first-order chi connectivity index (χ1) is 4.77. The molecule has 0 fully saturated rings. The third-order valence-corrected chi connectivity index (χ3v) is 1.10. The van der Waals surface area contributed by atoms with Crippen LogP contribution in [0, 0.1) is 0 Å². The van der Waals surface area contributed by atoms with Crippen molar-refractivity contribution in [1.29, 1.82) is 0 Å². The summed E-state index contributed by atoms with van der Waals surface area (Å²) in [6.45, 7) is 10.4. The lowest BCUT2D eigenvalue weighted by Crippen LogP contribution is -2.15. The quantitative estimate of drug-likeness (QED) is 0.450. The number of allylic oxidation sites excluding steroid dienone is 1. The monoisotopic (exact) mass is 143 g/mol. The second-order valence-electron chi connectivity index (χ2n) is 2.26. The molecule has 2 nitrogen and oxygen atoms in total. The Morgan fingerprint density at radius 3 is 2.80 bits per heavy atom. The molecule has 0 saturated carbocycles. The summed E-state index contributed by atoms with van der Waals surface area (Å²) in [5.41, 5.74) is 0. The van der Waals surface area contributed by atoms with Gasteiger partial charge in [0.2, 0.25) is 0 Å². The van der Waals surface area contributed by atoms with Gasteiger partial charge in [-0.05, 0) is 26.4 Å². The van der Waals surface area contributed by atoms with E-state index in [0.29, 0.717) is 0 Å². The normalized spacial score (nSPS) is 9.40. The van der Waals surface area contributed by atoms with E-state index in [4.69, 9.17) is 4.74 Å². The van der Waals surface area contributed by atoms with E-state index < -0.39 is 0 Å². The fourth-order valence-corrected chi connectivity index (χ4v) is 0.620. The molecule has 0 aromatic carbocycles. The second kappa shape index (κ2) is 6.62. The van der Waals surface area contributed by atoms with Crippen molar-refractivity contribution in [3.05, 3.63) is 12.3 Å². The van der Waals surface area contributed by atoms with Crippen molar-refractivity contribution in [1.82, 2.24) is 5.32 Å². The number of hydrogen-bond donors (Lipinski definition) is 1. The fraction of sp³-hybridized carbons (Fsp3) is 0.750. The zero-order valence-corrected chi connectivity index (χ0v) is 6.94. The van der Waals surface area contributed by atoms with Gasteiger partial charge in [-0.1, -0.05) is 13.5 Å². The summed E-state index contributed by atoms with van der Waals surface area (Å²) in [5.74, 6) is 0.802. The highest BCUT2D eigenvalue weighted by Gasteiger charge is 1.86. The van der Waals surface area contributed by atoms with Crippen LogP contribution in [0.15, 0.2) is 12.3 Å². The topological polar surface area (TPSA) is 21.3 Å². The number of ether oxygens (including phenoxy) is 1. The van der Waals surface area contributed by atoms with Crippen molar-refractivity contribution in [3.63, 3.8) is 0 Å². The van der Waals surface area contributed by atoms with Crippen LogP contribution in [0.1, 0.15) is 20.3 Å². The average molecular weight is 143 g/mol. The van der Waals surface area contributed by atoms with E-state index in [0.717, 1.165) is 31.9 Å². The van der Waals surface area contributed by atoms with E-state index in [-0.39, 0.29) is 0 Å². The molecule has 0 rings (SSSR count). The third kappa shape index (κ3) is 7.50. The Morgan fingerprint density at radius 1 is 1.60 bits per heavy atom. The van der Waals surface area contributed by atoms with Crippen molar-refractivity contribution in [2.75, 3.05) is 19.7 Å². The Kier molecular flexibility index (Phi) is 6.29. The van der Waals surface area contributed by atoms with E-state index in [1.54, 1.807) is 0 Å². The van der Waals surface area contributed by atoms with Gasteiger partial charge in [-0.3, -0.25) is 0 Å². The largest absolute Gasteiger partial charge is 0.499 e. The average Bonchev–Trinajstić information content (AvgIpc) is 1.87. The van der Waals surface area contributed by atoms with E-state index in [1.165, 1.54) is 0 Å². The minimum absolute atomic E-state index is 0.780. The Hall–Kier alpha value is -0.500. The summed E-state index contributed by atoms with van der Waals surface area (Å²) in [5, 5.41) is 3.21. The molecule has 60 valence electrons. The van der Waals surface area contributed by atoms with Crippen LogP contribution >= 0.6 is 0 Å². The lowest BCUT2D eigenvalue weighted by molar-refractivity contribution is 0.211. The Labute approximate surface area is 63.3 Å². The predicted octanol–water partition coefficient (Wildman–Crippen LogP) is 1.54. The van der Waals surface area contributed by atoms with Crippen LogP contribution in [-0.4, -0.2) is 19.7 Å². The van der Waals surface area contributed by atoms with Gasteiger partial charge < -0.3 is 10.1 Å². The molecular formula is C8H17NO. The molecule has 0 bridgehead atoms. The molecule has 0 unspecified atom stereocenters. The van der Waals surface area contributed by atoms with Gasteiger partial charge in [-0.25, -0.2) is 0 Å². The van der Waals surface area contributed by atoms with Crippen molar-refractivity contribution in [2.24, 2.45) is 0 Å². The predicted molar refractivity (Wildman–Crippen MR) is 43.9 cm³/mol. The smallest absolute Gasteiger partial charge is 0.0889 e. The summed E-state index contributed by atoms with van der Waals surface area (Å²) in [7, 11) is 0. The van der Waals surface area contributed by atoms with Crippen LogP contribution < -0.4 is 5.32 Å². The van der Waals surface area contributed by atoms with Crippen LogP contribution in [0.4, 0.5) is 0 Å². The summed E-state index contributed by atoms with van der Waals surface area (Å²) in [6, 6.07) is 0. The van der Waals surface area contributed by atoms with E-state index >= 15 is 0 Å². The van der Waals surface area contributed by atoms with Gasteiger partial charge in [0.05, 0.1) is 12.4 Å². The van der Waals surface area contributed by atoms with Crippen molar-refractivity contribution in [2.45, 2.75) is 20.3 Å². The van der Waals surface area contributed by atoms with Crippen LogP contribution in [0.2, 0.25) is 0 Å². The standard InChI is InChI=1S/C8H17NO/c1-4-9-6-5-7-10-8(2)3/h9H,2,4-7H2,1,3H3. The lowest BCUT2D eigenvalue weighted by atomic mass is 10.4. The summed E-state index contributed by atoms with van der Waals surface area (Å²) < 4.78 is 5.15. The molecule has 0 amide bonds. The van der Waals surface area contributed by atoms with Crippen molar-refractivity contribution >= 4 is 0 Å². The maximum absolute atomic E-state index is 5.15. The van der Waals surface area contributed by atoms with Gasteiger partial charge >= 0.3 is 0 Å². The molecule has 0 aliphatic rings. The maximum atomic E-state index is 5.15. The minimum Gasteiger partial charge on any atom is -0.499 e. The SMILES string of the molecule is C=C(C)OCCCNCC. The second-order valence-corrected chi connectivity index (χ2v) is 2.26. The summed E-state index contributed by atoms with van der Waals surface area (Å²) in [4.78, 5) is 0. The molecule has 2 heteroatoms. The Balaban J connectivity index is 2.84. The Bertz CT molecular complexity index is 91.3. The molecule has 0 radical (unpaired) electrons. The van der Waals surface area contributed by atoms with Crippen molar-refractivity contribution in [3.8, 4) is 0 Å². The van der Waals surface area contributed by atoms with Gasteiger partial charge in [-0.15, -0.1) is 0 Å². The first-order valence-electron chi connectivity index (χ1n) is 3.76. The van der Waals surface area contributed by atoms with Crippen molar-refractivity contribution < 1.29 is 4.74 Å². The molecule has 0 atom stereocenters. The fourth-order valence-electron chi connectivity index (χ4n) is 0.620. The van der Waals surface area contributed by atoms with Crippen LogP contribution in [0.5, 0.6) is 0 Å². The number of rotatable bonds is 6. The van der Waals surface area contributed by atoms with Gasteiger partial charge in [-0.2, -0.15) is 0 Å². The summed E-state index contributed by atoms with van der Waals surface area (Å²) >= 11 is 0. The number of hydrogen-bond acceptors (Lipinski definition) is 2. The van der Waals surface area contributed by atoms with Gasteiger partial charge in [0.15, 0.2) is 0 Å². The molecule has 0 aromatic rings. The molecule has 10 heavy (non-hydrogen) atoms. The highest BCUT2D eigenvalue weighted by atomic mass is 16.5. The third-order valence-electron chi connectivity index (χ3n) is 1.10. The molecule has 1 N–H and O–H groups in total. The zero-order chi connectivity index (χ0) is 7.82. The zero-order valence-electron chi connectivity index (χ0n) is 6.94. The van der Waals surface area contributed by atoms with Gasteiger partial charge in [0.1, 0.15) is 0 Å². The first-order valence-corrected chi connectivity index (χ1v) is 3.76. The molecule has 0 saturated heterocycles. The molecular weight excluding hydrogens is 126 g/mol. The van der Waals surface area contributed by atoms with Crippen LogP contribution in [0.25, 0.3) is 0 Å². The molecule has 0 aliphatic carbocycles. The summed E-state index contributed by atoms with van der Waals surface area (Å²) in [6.07, 6.45) is 1.06. The molecule has 0 spiro atoms. The van der Waals surface area contributed by atoms with Gasteiger partial charge in [0.25, 0.3) is 0 Å². The van der Waals surface area contributed by atoms with Crippen LogP contribution in [-0.2, 0) is 4.74 Å². The van der Waals surface area contributed by atoms with Gasteiger partial charge in [0, 0.05) is 0 Å². The molecule has 0 heterocycles. The van der Waals surface area contributed by atoms with E-state index in [9.17, 15) is 0 Å². The number of nitrogens with one attached hydrogen (secondary N) is 1. The Morgan fingerprint density at radius 2 is 2.30 bits per heavy atom. The first kappa shape index (κ1) is 9.50. The maximum Gasteiger partial charge on any atom is 0.0889 e. The molecule has 0 aromatic heterocycles. The van der Waals surface area contributed by atoms with Crippen LogP contribution in [0.3, 0.4) is 0 Å². The lowest BCUT2D eigenvalue weighted by Gasteiger charge is -2.04. The molecule has 0 aliphatic heterocycles. The van der Waals surface area contributed by atoms with E-state index in [2.05, 4.69) is 18.8 Å². The highest BCUT2D eigenvalue weighted by Crippen LogP contribution is 1.90. The minimum atomic E-state index is 0.780. The highest BCUT2D eigenvalue weighted by molar-refractivity contribution is 4.73. The van der Waals surface area contributed by atoms with E-state index in [1.807, 2.05) is 6.92 Å².